The molecule has 5 nitrogen and oxygen atoms in total. The third kappa shape index (κ3) is 9.31. The number of likely N-dealkylation sites (N-methyl/N-ethyl adjacent to an activating group) is 1. The highest BCUT2D eigenvalue weighted by molar-refractivity contribution is 5.67. The Morgan fingerprint density at radius 1 is 1.07 bits per heavy atom. The van der Waals surface area contributed by atoms with Crippen molar-refractivity contribution in [3.8, 4) is 0 Å². The summed E-state index contributed by atoms with van der Waals surface area (Å²) < 4.78 is 11.5. The minimum absolute atomic E-state index is 0.234. The highest BCUT2D eigenvalue weighted by Gasteiger charge is 2.27. The number of unbranched alkanes of at least 4 members (excludes halogenated alkanes) is 3. The Morgan fingerprint density at radius 2 is 1.77 bits per heavy atom. The lowest BCUT2D eigenvalue weighted by Gasteiger charge is -2.34. The number of carbonyl (C=O) groups is 1. The van der Waals surface area contributed by atoms with Crippen LogP contribution in [-0.2, 0) is 16.1 Å². The van der Waals surface area contributed by atoms with Crippen LogP contribution in [0.3, 0.4) is 0 Å². The molecule has 1 saturated carbocycles. The maximum atomic E-state index is 12.3. The molecule has 5 heteroatoms. The predicted octanol–water partition coefficient (Wildman–Crippen LogP) is 5.26. The van der Waals surface area contributed by atoms with Crippen LogP contribution < -0.4 is 0 Å². The number of benzene rings is 1. The van der Waals surface area contributed by atoms with Crippen LogP contribution in [0.2, 0.25) is 0 Å². The molecular formula is C25H40N2O3. The number of nitrogens with zero attached hydrogens (tertiary/aromatic N) is 2. The van der Waals surface area contributed by atoms with E-state index < -0.39 is 0 Å². The van der Waals surface area contributed by atoms with E-state index in [0.29, 0.717) is 12.7 Å². The van der Waals surface area contributed by atoms with Gasteiger partial charge in [-0.25, -0.2) is 4.79 Å². The van der Waals surface area contributed by atoms with E-state index in [1.54, 1.807) is 4.90 Å². The third-order valence-corrected chi connectivity index (χ3v) is 5.91. The predicted molar refractivity (Wildman–Crippen MR) is 123 cm³/mol. The summed E-state index contributed by atoms with van der Waals surface area (Å²) in [5.41, 5.74) is 1.01. The van der Waals surface area contributed by atoms with Crippen molar-refractivity contribution in [1.82, 2.24) is 9.80 Å². The molecule has 0 radical (unpaired) electrons. The van der Waals surface area contributed by atoms with E-state index >= 15 is 0 Å². The Kier molecular flexibility index (Phi) is 11.6. The Hall–Kier alpha value is -1.85. The van der Waals surface area contributed by atoms with Gasteiger partial charge < -0.3 is 19.3 Å². The summed E-state index contributed by atoms with van der Waals surface area (Å²) in [6.45, 7) is 7.05. The first-order chi connectivity index (χ1) is 14.6. The zero-order valence-electron chi connectivity index (χ0n) is 18.9. The van der Waals surface area contributed by atoms with Gasteiger partial charge in [0.1, 0.15) is 6.61 Å². The molecule has 0 N–H and O–H groups in total. The molecule has 0 aromatic heterocycles. The Bertz CT molecular complexity index is 600. The van der Waals surface area contributed by atoms with Gasteiger partial charge in [0.25, 0.3) is 0 Å². The molecule has 1 fully saturated rings. The van der Waals surface area contributed by atoms with Gasteiger partial charge in [-0.15, -0.1) is 6.58 Å². The van der Waals surface area contributed by atoms with Gasteiger partial charge in [0, 0.05) is 26.2 Å². The second-order valence-corrected chi connectivity index (χ2v) is 8.42. The van der Waals surface area contributed by atoms with Crippen LogP contribution in [0.1, 0.15) is 56.9 Å². The summed E-state index contributed by atoms with van der Waals surface area (Å²) in [5.74, 6) is 0. The van der Waals surface area contributed by atoms with Crippen LogP contribution in [0, 0.1) is 0 Å². The molecule has 30 heavy (non-hydrogen) atoms. The lowest BCUT2D eigenvalue weighted by atomic mass is 9.92. The topological polar surface area (TPSA) is 42.0 Å². The molecule has 0 saturated heterocycles. The summed E-state index contributed by atoms with van der Waals surface area (Å²) >= 11 is 0. The number of hydrogen-bond acceptors (Lipinski definition) is 4. The second-order valence-electron chi connectivity index (χ2n) is 8.42. The Morgan fingerprint density at radius 3 is 2.47 bits per heavy atom. The van der Waals surface area contributed by atoms with Crippen molar-refractivity contribution in [2.75, 3.05) is 33.8 Å². The first-order valence-electron chi connectivity index (χ1n) is 11.4. The maximum absolute atomic E-state index is 12.3. The summed E-state index contributed by atoms with van der Waals surface area (Å²) in [5, 5.41) is 0. The molecule has 1 aromatic rings. The summed E-state index contributed by atoms with van der Waals surface area (Å²) in [6, 6.07) is 10.1. The first kappa shape index (κ1) is 24.4. The molecule has 168 valence electrons. The van der Waals surface area contributed by atoms with Crippen LogP contribution >= 0.6 is 0 Å². The lowest BCUT2D eigenvalue weighted by Crippen LogP contribution is -2.41. The zero-order valence-corrected chi connectivity index (χ0v) is 18.9. The van der Waals surface area contributed by atoms with Gasteiger partial charge in [0.2, 0.25) is 0 Å². The fourth-order valence-corrected chi connectivity index (χ4v) is 3.97. The van der Waals surface area contributed by atoms with E-state index in [0.717, 1.165) is 57.4 Å². The summed E-state index contributed by atoms with van der Waals surface area (Å²) in [6.07, 6.45) is 10.9. The molecule has 0 atom stereocenters. The smallest absolute Gasteiger partial charge is 0.410 e. The van der Waals surface area contributed by atoms with E-state index in [1.807, 2.05) is 43.5 Å². The minimum atomic E-state index is -0.234. The highest BCUT2D eigenvalue weighted by Crippen LogP contribution is 2.25. The van der Waals surface area contributed by atoms with E-state index in [9.17, 15) is 4.79 Å². The largest absolute Gasteiger partial charge is 0.445 e. The number of hydrogen-bond donors (Lipinski definition) is 0. The SMILES string of the molecule is C=CCN(C)CCCCCCOC1CCC(N(C)C(=O)OCc2ccccc2)CC1. The highest BCUT2D eigenvalue weighted by atomic mass is 16.6. The monoisotopic (exact) mass is 416 g/mol. The average molecular weight is 417 g/mol. The number of rotatable bonds is 13. The van der Waals surface area contributed by atoms with Crippen molar-refractivity contribution in [3.05, 3.63) is 48.6 Å². The Labute approximate surface area is 183 Å². The van der Waals surface area contributed by atoms with Crippen molar-refractivity contribution in [3.63, 3.8) is 0 Å². The Balaban J connectivity index is 1.52. The van der Waals surface area contributed by atoms with Crippen LogP contribution in [0.25, 0.3) is 0 Å². The van der Waals surface area contributed by atoms with E-state index in [4.69, 9.17) is 9.47 Å². The van der Waals surface area contributed by atoms with Gasteiger partial charge in [0.05, 0.1) is 6.10 Å². The quantitative estimate of drug-likeness (QED) is 0.325. The lowest BCUT2D eigenvalue weighted by molar-refractivity contribution is 0.00693. The first-order valence-corrected chi connectivity index (χ1v) is 11.4. The average Bonchev–Trinajstić information content (AvgIpc) is 2.77. The molecule has 2 rings (SSSR count). The van der Waals surface area contributed by atoms with Crippen LogP contribution in [-0.4, -0.2) is 61.8 Å². The van der Waals surface area contributed by atoms with Gasteiger partial charge in [-0.3, -0.25) is 0 Å². The van der Waals surface area contributed by atoms with Gasteiger partial charge in [0.15, 0.2) is 0 Å². The van der Waals surface area contributed by atoms with E-state index in [1.165, 1.54) is 19.3 Å². The van der Waals surface area contributed by atoms with Crippen molar-refractivity contribution in [2.24, 2.45) is 0 Å². The molecule has 1 aliphatic carbocycles. The second kappa shape index (κ2) is 14.2. The number of carbonyl (C=O) groups excluding carboxylic acids is 1. The maximum Gasteiger partial charge on any atom is 0.410 e. The molecule has 0 bridgehead atoms. The van der Waals surface area contributed by atoms with E-state index in [-0.39, 0.29) is 12.1 Å². The fourth-order valence-electron chi connectivity index (χ4n) is 3.97. The molecule has 0 spiro atoms. The number of amides is 1. The summed E-state index contributed by atoms with van der Waals surface area (Å²) in [4.78, 5) is 16.4. The van der Waals surface area contributed by atoms with Crippen LogP contribution in [0.5, 0.6) is 0 Å². The van der Waals surface area contributed by atoms with Crippen LogP contribution in [0.4, 0.5) is 4.79 Å². The summed E-state index contributed by atoms with van der Waals surface area (Å²) in [7, 11) is 3.99. The standard InChI is InChI=1S/C25H40N2O3/c1-4-18-26(2)19-10-5-6-11-20-29-24-16-14-23(15-17-24)27(3)25(28)30-21-22-12-8-7-9-13-22/h4,7-9,12-13,23-24H,1,5-6,10-11,14-21H2,2-3H3. The van der Waals surface area contributed by atoms with Gasteiger partial charge >= 0.3 is 6.09 Å². The molecule has 0 heterocycles. The minimum Gasteiger partial charge on any atom is -0.445 e. The van der Waals surface area contributed by atoms with Crippen molar-refractivity contribution >= 4 is 6.09 Å². The van der Waals surface area contributed by atoms with Crippen molar-refractivity contribution in [2.45, 2.75) is 70.1 Å². The van der Waals surface area contributed by atoms with E-state index in [2.05, 4.69) is 18.5 Å². The molecule has 1 amide bonds. The molecular weight excluding hydrogens is 376 g/mol. The number of ether oxygens (including phenoxy) is 2. The van der Waals surface area contributed by atoms with Crippen LogP contribution in [0.15, 0.2) is 43.0 Å². The normalized spacial score (nSPS) is 18.9. The zero-order chi connectivity index (χ0) is 21.6. The molecule has 0 aliphatic heterocycles. The molecule has 1 aliphatic rings. The van der Waals surface area contributed by atoms with Crippen molar-refractivity contribution in [1.29, 1.82) is 0 Å². The van der Waals surface area contributed by atoms with Gasteiger partial charge in [-0.2, -0.15) is 0 Å². The molecule has 0 unspecified atom stereocenters. The van der Waals surface area contributed by atoms with Gasteiger partial charge in [-0.1, -0.05) is 49.2 Å². The fraction of sp³-hybridized carbons (Fsp3) is 0.640. The van der Waals surface area contributed by atoms with Crippen molar-refractivity contribution < 1.29 is 14.3 Å². The van der Waals surface area contributed by atoms with Gasteiger partial charge in [-0.05, 0) is 57.7 Å². The molecule has 1 aromatic carbocycles. The third-order valence-electron chi connectivity index (χ3n) is 5.91.